The molecule has 0 saturated carbocycles. The van der Waals surface area contributed by atoms with E-state index in [-0.39, 0.29) is 17.6 Å². The SMILES string of the molecule is CC(NC(=O)CCn1cnc2c(=O)[nH]cnc21)N1CCCC1. The van der Waals surface area contributed by atoms with Gasteiger partial charge < -0.3 is 14.9 Å². The van der Waals surface area contributed by atoms with Crippen LogP contribution in [0.15, 0.2) is 17.4 Å². The molecule has 1 fully saturated rings. The van der Waals surface area contributed by atoms with E-state index in [1.165, 1.54) is 19.2 Å². The normalized spacial score (nSPS) is 17.0. The summed E-state index contributed by atoms with van der Waals surface area (Å²) in [5.74, 6) is -0.00825. The molecule has 118 valence electrons. The summed E-state index contributed by atoms with van der Waals surface area (Å²) in [6, 6.07) is 0. The molecule has 22 heavy (non-hydrogen) atoms. The third-order valence-electron chi connectivity index (χ3n) is 4.05. The molecule has 3 heterocycles. The maximum absolute atomic E-state index is 12.0. The fourth-order valence-electron chi connectivity index (χ4n) is 2.80. The van der Waals surface area contributed by atoms with E-state index in [1.807, 2.05) is 6.92 Å². The number of imidazole rings is 1. The fraction of sp³-hybridized carbons (Fsp3) is 0.571. The van der Waals surface area contributed by atoms with Crippen LogP contribution in [-0.2, 0) is 11.3 Å². The smallest absolute Gasteiger partial charge is 0.278 e. The van der Waals surface area contributed by atoms with Gasteiger partial charge in [-0.1, -0.05) is 0 Å². The molecular weight excluding hydrogens is 284 g/mol. The number of hydrogen-bond acceptors (Lipinski definition) is 5. The number of carbonyl (C=O) groups excluding carboxylic acids is 1. The van der Waals surface area contributed by atoms with Crippen molar-refractivity contribution >= 4 is 17.1 Å². The van der Waals surface area contributed by atoms with E-state index in [1.54, 1.807) is 10.9 Å². The molecule has 1 unspecified atom stereocenters. The summed E-state index contributed by atoms with van der Waals surface area (Å²) in [6.45, 7) is 4.54. The van der Waals surface area contributed by atoms with Crippen LogP contribution in [0.2, 0.25) is 0 Å². The van der Waals surface area contributed by atoms with Crippen LogP contribution in [0.4, 0.5) is 0 Å². The number of aromatic nitrogens is 4. The first-order valence-electron chi connectivity index (χ1n) is 7.57. The number of amides is 1. The van der Waals surface area contributed by atoms with Crippen molar-refractivity contribution < 1.29 is 4.79 Å². The number of likely N-dealkylation sites (tertiary alicyclic amines) is 1. The van der Waals surface area contributed by atoms with Gasteiger partial charge in [-0.05, 0) is 19.8 Å². The molecule has 0 aromatic carbocycles. The minimum atomic E-state index is -0.268. The summed E-state index contributed by atoms with van der Waals surface area (Å²) >= 11 is 0. The van der Waals surface area contributed by atoms with Crippen molar-refractivity contribution in [3.63, 3.8) is 0 Å². The second kappa shape index (κ2) is 6.27. The molecule has 2 N–H and O–H groups in total. The molecule has 2 aromatic heterocycles. The molecule has 0 radical (unpaired) electrons. The largest absolute Gasteiger partial charge is 0.341 e. The van der Waals surface area contributed by atoms with Crippen LogP contribution in [0.1, 0.15) is 26.2 Å². The van der Waals surface area contributed by atoms with E-state index in [9.17, 15) is 9.59 Å². The van der Waals surface area contributed by atoms with Crippen LogP contribution in [0, 0.1) is 0 Å². The zero-order valence-electron chi connectivity index (χ0n) is 12.6. The molecule has 1 saturated heterocycles. The zero-order chi connectivity index (χ0) is 15.5. The Morgan fingerprint density at radius 3 is 2.95 bits per heavy atom. The summed E-state index contributed by atoms with van der Waals surface area (Å²) in [7, 11) is 0. The van der Waals surface area contributed by atoms with Gasteiger partial charge in [0.25, 0.3) is 5.56 Å². The molecular formula is C14H20N6O2. The van der Waals surface area contributed by atoms with Gasteiger partial charge >= 0.3 is 0 Å². The summed E-state index contributed by atoms with van der Waals surface area (Å²) in [5.41, 5.74) is 0.536. The zero-order valence-corrected chi connectivity index (χ0v) is 12.6. The predicted molar refractivity (Wildman–Crippen MR) is 81.2 cm³/mol. The fourth-order valence-corrected chi connectivity index (χ4v) is 2.80. The highest BCUT2D eigenvalue weighted by Gasteiger charge is 2.19. The molecule has 1 atom stereocenters. The van der Waals surface area contributed by atoms with Crippen molar-refractivity contribution in [2.75, 3.05) is 13.1 Å². The number of rotatable bonds is 5. The summed E-state index contributed by atoms with van der Waals surface area (Å²) in [5, 5.41) is 3.01. The maximum atomic E-state index is 12.0. The summed E-state index contributed by atoms with van der Waals surface area (Å²) < 4.78 is 1.73. The first-order valence-corrected chi connectivity index (χ1v) is 7.57. The highest BCUT2D eigenvalue weighted by Crippen LogP contribution is 2.10. The highest BCUT2D eigenvalue weighted by molar-refractivity contribution is 5.76. The lowest BCUT2D eigenvalue weighted by molar-refractivity contribution is -0.123. The highest BCUT2D eigenvalue weighted by atomic mass is 16.1. The lowest BCUT2D eigenvalue weighted by Crippen LogP contribution is -2.45. The van der Waals surface area contributed by atoms with Gasteiger partial charge in [0.05, 0.1) is 18.8 Å². The average Bonchev–Trinajstić information content (AvgIpc) is 3.15. The second-order valence-electron chi connectivity index (χ2n) is 5.58. The van der Waals surface area contributed by atoms with Crippen LogP contribution < -0.4 is 10.9 Å². The number of hydrogen-bond donors (Lipinski definition) is 2. The van der Waals surface area contributed by atoms with E-state index in [0.717, 1.165) is 13.1 Å². The van der Waals surface area contributed by atoms with Crippen molar-refractivity contribution in [2.24, 2.45) is 0 Å². The van der Waals surface area contributed by atoms with E-state index in [2.05, 4.69) is 25.2 Å². The third-order valence-corrected chi connectivity index (χ3v) is 4.05. The molecule has 3 rings (SSSR count). The van der Waals surface area contributed by atoms with Crippen molar-refractivity contribution in [1.82, 2.24) is 29.7 Å². The monoisotopic (exact) mass is 304 g/mol. The minimum absolute atomic E-state index is 0.00825. The number of aromatic amines is 1. The Morgan fingerprint density at radius 1 is 1.41 bits per heavy atom. The molecule has 1 aliphatic heterocycles. The van der Waals surface area contributed by atoms with Gasteiger partial charge in [-0.2, -0.15) is 0 Å². The van der Waals surface area contributed by atoms with Crippen molar-refractivity contribution in [2.45, 2.75) is 38.9 Å². The number of nitrogens with zero attached hydrogens (tertiary/aromatic N) is 4. The Balaban J connectivity index is 1.58. The molecule has 1 amide bonds. The number of nitrogens with one attached hydrogen (secondary N) is 2. The van der Waals surface area contributed by atoms with Gasteiger partial charge in [-0.3, -0.25) is 14.5 Å². The topological polar surface area (TPSA) is 95.9 Å². The Labute approximate surface area is 127 Å². The standard InChI is InChI=1S/C14H20N6O2/c1-10(19-5-2-3-6-19)18-11(21)4-7-20-9-17-12-13(20)15-8-16-14(12)22/h8-10H,2-7H2,1H3,(H,18,21)(H,15,16,22). The second-order valence-corrected chi connectivity index (χ2v) is 5.58. The van der Waals surface area contributed by atoms with Crippen LogP contribution in [0.3, 0.4) is 0 Å². The maximum Gasteiger partial charge on any atom is 0.278 e. The van der Waals surface area contributed by atoms with E-state index in [0.29, 0.717) is 24.1 Å². The Bertz CT molecular complexity index is 715. The van der Waals surface area contributed by atoms with Crippen LogP contribution in [0.5, 0.6) is 0 Å². The minimum Gasteiger partial charge on any atom is -0.341 e. The van der Waals surface area contributed by atoms with Gasteiger partial charge in [0.1, 0.15) is 0 Å². The van der Waals surface area contributed by atoms with E-state index in [4.69, 9.17) is 0 Å². The van der Waals surface area contributed by atoms with Crippen molar-refractivity contribution in [3.05, 3.63) is 23.0 Å². The number of aryl methyl sites for hydroxylation is 1. The summed E-state index contributed by atoms with van der Waals surface area (Å²) in [4.78, 5) is 36.5. The quantitative estimate of drug-likeness (QED) is 0.815. The third kappa shape index (κ3) is 3.01. The average molecular weight is 304 g/mol. The van der Waals surface area contributed by atoms with Crippen molar-refractivity contribution in [3.8, 4) is 0 Å². The van der Waals surface area contributed by atoms with E-state index >= 15 is 0 Å². The van der Waals surface area contributed by atoms with Crippen LogP contribution in [0.25, 0.3) is 11.2 Å². The molecule has 2 aromatic rings. The number of carbonyl (C=O) groups is 1. The Hall–Kier alpha value is -2.22. The van der Waals surface area contributed by atoms with Crippen LogP contribution >= 0.6 is 0 Å². The van der Waals surface area contributed by atoms with Gasteiger partial charge in [0.15, 0.2) is 11.2 Å². The molecule has 8 heteroatoms. The summed E-state index contributed by atoms with van der Waals surface area (Å²) in [6.07, 6.45) is 5.68. The molecule has 8 nitrogen and oxygen atoms in total. The van der Waals surface area contributed by atoms with Crippen molar-refractivity contribution in [1.29, 1.82) is 0 Å². The van der Waals surface area contributed by atoms with Crippen LogP contribution in [-0.4, -0.2) is 49.6 Å². The Kier molecular flexibility index (Phi) is 4.19. The Morgan fingerprint density at radius 2 is 2.18 bits per heavy atom. The van der Waals surface area contributed by atoms with E-state index < -0.39 is 0 Å². The van der Waals surface area contributed by atoms with Gasteiger partial charge in [-0.15, -0.1) is 0 Å². The van der Waals surface area contributed by atoms with Gasteiger partial charge in [-0.25, -0.2) is 9.97 Å². The predicted octanol–water partition coefficient (Wildman–Crippen LogP) is 0.0677. The number of fused-ring (bicyclic) bond motifs is 1. The molecule has 1 aliphatic rings. The lowest BCUT2D eigenvalue weighted by Gasteiger charge is -2.24. The van der Waals surface area contributed by atoms with Gasteiger partial charge in [0, 0.05) is 26.1 Å². The first-order chi connectivity index (χ1) is 10.6. The first kappa shape index (κ1) is 14.7. The molecule has 0 aliphatic carbocycles. The molecule has 0 bridgehead atoms. The number of H-pyrrole nitrogens is 1. The molecule has 0 spiro atoms. The van der Waals surface area contributed by atoms with Gasteiger partial charge in [0.2, 0.25) is 5.91 Å². The lowest BCUT2D eigenvalue weighted by atomic mass is 10.3.